The average molecular weight is 428 g/mol. The minimum atomic E-state index is -0.160. The van der Waals surface area contributed by atoms with Crippen LogP contribution in [-0.2, 0) is 0 Å². The second kappa shape index (κ2) is 9.57. The van der Waals surface area contributed by atoms with E-state index in [2.05, 4.69) is 0 Å². The Morgan fingerprint density at radius 1 is 0.640 bits per heavy atom. The summed E-state index contributed by atoms with van der Waals surface area (Å²) in [6.07, 6.45) is 0. The molecule has 0 aliphatic heterocycles. The monoisotopic (exact) mass is 426 g/mol. The van der Waals surface area contributed by atoms with Crippen LogP contribution in [-0.4, -0.2) is 36.6 Å². The van der Waals surface area contributed by atoms with Crippen molar-refractivity contribution < 1.29 is 24.4 Å². The van der Waals surface area contributed by atoms with Gasteiger partial charge in [-0.2, -0.15) is 0 Å². The van der Waals surface area contributed by atoms with E-state index in [0.717, 1.165) is 0 Å². The molecule has 0 radical (unpaired) electrons. The molecule has 0 atom stereocenters. The first-order valence-electron chi connectivity index (χ1n) is 7.09. The van der Waals surface area contributed by atoms with Crippen LogP contribution in [0.15, 0.2) is 24.3 Å². The predicted molar refractivity (Wildman–Crippen MR) is 98.2 cm³/mol. The van der Waals surface area contributed by atoms with Crippen LogP contribution in [0.3, 0.4) is 0 Å². The third-order valence-electron chi connectivity index (χ3n) is 2.85. The Morgan fingerprint density at radius 3 is 1.24 bits per heavy atom. The van der Waals surface area contributed by atoms with E-state index in [9.17, 15) is 0 Å². The first-order chi connectivity index (χ1) is 12.0. The number of ether oxygens (including phenoxy) is 3. The predicted octanol–water partition coefficient (Wildman–Crippen LogP) is 4.83. The number of halogens is 4. The van der Waals surface area contributed by atoms with Crippen LogP contribution < -0.4 is 14.2 Å². The van der Waals surface area contributed by atoms with Crippen LogP contribution in [0.2, 0.25) is 20.1 Å². The highest BCUT2D eigenvalue weighted by molar-refractivity contribution is 6.38. The van der Waals surface area contributed by atoms with Gasteiger partial charge in [-0.3, -0.25) is 0 Å². The van der Waals surface area contributed by atoms with Crippen LogP contribution in [0.25, 0.3) is 0 Å². The molecule has 5 nitrogen and oxygen atoms in total. The molecular weight excluding hydrogens is 414 g/mol. The van der Waals surface area contributed by atoms with E-state index in [1.807, 2.05) is 0 Å². The average Bonchev–Trinajstić information content (AvgIpc) is 2.53. The van der Waals surface area contributed by atoms with Crippen molar-refractivity contribution in [2.24, 2.45) is 0 Å². The topological polar surface area (TPSA) is 68.2 Å². The van der Waals surface area contributed by atoms with Gasteiger partial charge >= 0.3 is 0 Å². The molecule has 0 amide bonds. The van der Waals surface area contributed by atoms with Crippen LogP contribution in [0.5, 0.6) is 23.0 Å². The Bertz CT molecular complexity index is 631. The molecule has 0 heterocycles. The van der Waals surface area contributed by atoms with Crippen molar-refractivity contribution in [2.45, 2.75) is 0 Å². The molecular formula is C16H14Cl4O5. The molecule has 0 bridgehead atoms. The fourth-order valence-electron chi connectivity index (χ4n) is 1.90. The Labute approximate surface area is 164 Å². The molecule has 2 N–H and O–H groups in total. The maximum atomic E-state index is 8.80. The molecule has 2 aromatic carbocycles. The van der Waals surface area contributed by atoms with Crippen molar-refractivity contribution in [3.05, 3.63) is 44.4 Å². The van der Waals surface area contributed by atoms with Gasteiger partial charge in [-0.25, -0.2) is 0 Å². The van der Waals surface area contributed by atoms with E-state index >= 15 is 0 Å². The molecule has 2 aromatic rings. The largest absolute Gasteiger partial charge is 0.488 e. The molecule has 0 aliphatic rings. The second-order valence-corrected chi connectivity index (χ2v) is 6.31. The highest BCUT2D eigenvalue weighted by Crippen LogP contribution is 2.41. The summed E-state index contributed by atoms with van der Waals surface area (Å²) in [5.41, 5.74) is 0. The Kier molecular flexibility index (Phi) is 7.75. The second-order valence-electron chi connectivity index (χ2n) is 4.68. The smallest absolute Gasteiger partial charge is 0.156 e. The molecule has 0 aromatic heterocycles. The fourth-order valence-corrected chi connectivity index (χ4v) is 3.05. The normalized spacial score (nSPS) is 10.6. The lowest BCUT2D eigenvalue weighted by Gasteiger charge is -2.14. The summed E-state index contributed by atoms with van der Waals surface area (Å²) in [7, 11) is 0. The van der Waals surface area contributed by atoms with Gasteiger partial charge < -0.3 is 24.4 Å². The van der Waals surface area contributed by atoms with Gasteiger partial charge in [0.05, 0.1) is 33.3 Å². The highest BCUT2D eigenvalue weighted by Gasteiger charge is 2.14. The number of aliphatic hydroxyl groups is 2. The zero-order valence-electron chi connectivity index (χ0n) is 12.8. The van der Waals surface area contributed by atoms with Crippen LogP contribution >= 0.6 is 46.4 Å². The first kappa shape index (κ1) is 20.2. The quantitative estimate of drug-likeness (QED) is 0.631. The van der Waals surface area contributed by atoms with Gasteiger partial charge in [-0.1, -0.05) is 46.4 Å². The summed E-state index contributed by atoms with van der Waals surface area (Å²) in [6.45, 7) is -0.181. The van der Waals surface area contributed by atoms with Crippen molar-refractivity contribution in [1.82, 2.24) is 0 Å². The van der Waals surface area contributed by atoms with Crippen molar-refractivity contribution in [1.29, 1.82) is 0 Å². The number of benzene rings is 2. The zero-order valence-corrected chi connectivity index (χ0v) is 15.8. The van der Waals surface area contributed by atoms with E-state index < -0.39 is 0 Å². The third kappa shape index (κ3) is 5.45. The van der Waals surface area contributed by atoms with Gasteiger partial charge in [-0.05, 0) is 0 Å². The van der Waals surface area contributed by atoms with Crippen LogP contribution in [0, 0.1) is 0 Å². The Morgan fingerprint density at radius 2 is 0.960 bits per heavy atom. The van der Waals surface area contributed by atoms with E-state index in [4.69, 9.17) is 70.8 Å². The number of hydrogen-bond donors (Lipinski definition) is 2. The zero-order chi connectivity index (χ0) is 18.4. The molecule has 2 rings (SSSR count). The van der Waals surface area contributed by atoms with E-state index in [0.29, 0.717) is 11.5 Å². The van der Waals surface area contributed by atoms with Gasteiger partial charge in [0.25, 0.3) is 0 Å². The fraction of sp³-hybridized carbons (Fsp3) is 0.250. The van der Waals surface area contributed by atoms with E-state index in [-0.39, 0.29) is 58.0 Å². The van der Waals surface area contributed by atoms with Crippen molar-refractivity contribution in [2.75, 3.05) is 26.4 Å². The number of aliphatic hydroxyl groups excluding tert-OH is 2. The summed E-state index contributed by atoms with van der Waals surface area (Å²) in [5, 5.41) is 18.5. The summed E-state index contributed by atoms with van der Waals surface area (Å²) < 4.78 is 16.2. The van der Waals surface area contributed by atoms with Crippen LogP contribution in [0.1, 0.15) is 0 Å². The highest BCUT2D eigenvalue weighted by atomic mass is 35.5. The summed E-state index contributed by atoms with van der Waals surface area (Å²) in [4.78, 5) is 0. The van der Waals surface area contributed by atoms with Crippen molar-refractivity contribution in [3.63, 3.8) is 0 Å². The molecule has 0 saturated heterocycles. The van der Waals surface area contributed by atoms with E-state index in [1.54, 1.807) is 0 Å². The Hall–Kier alpha value is -1.08. The van der Waals surface area contributed by atoms with Crippen LogP contribution in [0.4, 0.5) is 0 Å². The minimum Gasteiger partial charge on any atom is -0.488 e. The van der Waals surface area contributed by atoms with Gasteiger partial charge in [0.1, 0.15) is 24.7 Å². The van der Waals surface area contributed by atoms with Gasteiger partial charge in [-0.15, -0.1) is 0 Å². The third-order valence-corrected chi connectivity index (χ3v) is 3.98. The standard InChI is InChI=1S/C16H14Cl4O5/c17-11-5-9(6-12(18)15(11)23-3-1-21)25-10-7-13(19)16(14(20)8-10)24-4-2-22/h5-8,21-22H,1-4H2. The summed E-state index contributed by atoms with van der Waals surface area (Å²) >= 11 is 24.5. The summed E-state index contributed by atoms with van der Waals surface area (Å²) in [5.74, 6) is 1.21. The van der Waals surface area contributed by atoms with Crippen molar-refractivity contribution in [3.8, 4) is 23.0 Å². The summed E-state index contributed by atoms with van der Waals surface area (Å²) in [6, 6.07) is 6.05. The lowest BCUT2D eigenvalue weighted by atomic mass is 10.3. The number of hydrogen-bond acceptors (Lipinski definition) is 5. The van der Waals surface area contributed by atoms with Crippen molar-refractivity contribution >= 4 is 46.4 Å². The van der Waals surface area contributed by atoms with Gasteiger partial charge in [0, 0.05) is 24.3 Å². The Balaban J connectivity index is 2.22. The molecule has 136 valence electrons. The van der Waals surface area contributed by atoms with Gasteiger partial charge in [0.2, 0.25) is 0 Å². The molecule has 0 fully saturated rings. The molecule has 0 saturated carbocycles. The first-order valence-corrected chi connectivity index (χ1v) is 8.60. The minimum absolute atomic E-state index is 0.0696. The number of rotatable bonds is 8. The molecule has 25 heavy (non-hydrogen) atoms. The molecule has 0 unspecified atom stereocenters. The molecule has 0 aliphatic carbocycles. The SMILES string of the molecule is OCCOc1c(Cl)cc(Oc2cc(Cl)c(OCCO)c(Cl)c2)cc1Cl. The van der Waals surface area contributed by atoms with E-state index in [1.165, 1.54) is 24.3 Å². The van der Waals surface area contributed by atoms with Gasteiger partial charge in [0.15, 0.2) is 11.5 Å². The lowest BCUT2D eigenvalue weighted by Crippen LogP contribution is -2.03. The molecule has 9 heteroatoms. The lowest BCUT2D eigenvalue weighted by molar-refractivity contribution is 0.201. The molecule has 0 spiro atoms. The maximum absolute atomic E-state index is 8.80. The maximum Gasteiger partial charge on any atom is 0.156 e.